The number of nitrogens with zero attached hydrogens (tertiary/aromatic N) is 6. The number of aromatic nitrogens is 6. The van der Waals surface area contributed by atoms with Crippen molar-refractivity contribution in [2.24, 2.45) is 0 Å². The molecular formula is C17H12BrFN6O. The highest BCUT2D eigenvalue weighted by Gasteiger charge is 2.14. The van der Waals surface area contributed by atoms with Crippen molar-refractivity contribution in [2.45, 2.75) is 13.0 Å². The highest BCUT2D eigenvalue weighted by molar-refractivity contribution is 9.10. The summed E-state index contributed by atoms with van der Waals surface area (Å²) in [5.74, 6) is 0.625. The molecule has 0 amide bonds. The number of hydrogen-bond donors (Lipinski definition) is 0. The van der Waals surface area contributed by atoms with E-state index in [2.05, 4.69) is 41.5 Å². The lowest BCUT2D eigenvalue weighted by Crippen LogP contribution is -2.05. The van der Waals surface area contributed by atoms with E-state index in [4.69, 9.17) is 4.52 Å². The van der Waals surface area contributed by atoms with Crippen LogP contribution in [-0.2, 0) is 13.0 Å². The van der Waals surface area contributed by atoms with Crippen LogP contribution >= 0.6 is 15.9 Å². The lowest BCUT2D eigenvalue weighted by molar-refractivity contribution is 0.356. The minimum atomic E-state index is -0.408. The molecule has 2 aromatic heterocycles. The van der Waals surface area contributed by atoms with Gasteiger partial charge in [-0.3, -0.25) is 0 Å². The van der Waals surface area contributed by atoms with Crippen molar-refractivity contribution >= 4 is 15.9 Å². The van der Waals surface area contributed by atoms with E-state index in [0.717, 1.165) is 10.0 Å². The lowest BCUT2D eigenvalue weighted by Gasteiger charge is -1.99. The number of hydrogen-bond acceptors (Lipinski definition) is 6. The van der Waals surface area contributed by atoms with Gasteiger partial charge in [0.05, 0.1) is 5.56 Å². The first-order chi connectivity index (χ1) is 12.7. The van der Waals surface area contributed by atoms with E-state index in [-0.39, 0.29) is 23.8 Å². The normalized spacial score (nSPS) is 11.0. The van der Waals surface area contributed by atoms with Gasteiger partial charge in [-0.15, -0.1) is 10.2 Å². The van der Waals surface area contributed by atoms with Crippen molar-refractivity contribution < 1.29 is 8.91 Å². The van der Waals surface area contributed by atoms with Gasteiger partial charge in [-0.2, -0.15) is 9.78 Å². The molecule has 0 fully saturated rings. The van der Waals surface area contributed by atoms with Crippen LogP contribution in [0.3, 0.4) is 0 Å². The molecule has 0 aliphatic heterocycles. The topological polar surface area (TPSA) is 82.5 Å². The van der Waals surface area contributed by atoms with Crippen LogP contribution in [0.4, 0.5) is 4.39 Å². The van der Waals surface area contributed by atoms with Crippen molar-refractivity contribution in [1.29, 1.82) is 0 Å². The smallest absolute Gasteiger partial charge is 0.250 e. The van der Waals surface area contributed by atoms with Gasteiger partial charge in [-0.05, 0) is 29.0 Å². The van der Waals surface area contributed by atoms with Crippen LogP contribution < -0.4 is 0 Å². The van der Waals surface area contributed by atoms with Crippen LogP contribution in [0.5, 0.6) is 0 Å². The Morgan fingerprint density at radius 2 is 1.88 bits per heavy atom. The fraction of sp³-hybridized carbons (Fsp3) is 0.118. The van der Waals surface area contributed by atoms with Crippen molar-refractivity contribution in [3.8, 4) is 11.4 Å². The zero-order chi connectivity index (χ0) is 17.9. The molecule has 0 aliphatic rings. The van der Waals surface area contributed by atoms with E-state index >= 15 is 0 Å². The second-order valence-corrected chi connectivity index (χ2v) is 6.35. The van der Waals surface area contributed by atoms with Crippen molar-refractivity contribution in [3.63, 3.8) is 0 Å². The number of benzene rings is 2. The summed E-state index contributed by atoms with van der Waals surface area (Å²) in [4.78, 5) is 5.56. The first-order valence-electron chi connectivity index (χ1n) is 7.76. The number of halogens is 2. The third kappa shape index (κ3) is 3.52. The molecule has 4 rings (SSSR count). The van der Waals surface area contributed by atoms with Crippen LogP contribution in [0.1, 0.15) is 17.3 Å². The standard InChI is InChI=1S/C17H12BrFN6O/c18-13-7-3-1-5-11(13)9-15-21-24-25(22-15)10-16-20-17(23-26-16)12-6-2-4-8-14(12)19/h1-8H,9-10H2. The predicted molar refractivity (Wildman–Crippen MR) is 93.6 cm³/mol. The minimum Gasteiger partial charge on any atom is -0.337 e. The van der Waals surface area contributed by atoms with Gasteiger partial charge in [0.2, 0.25) is 5.82 Å². The summed E-state index contributed by atoms with van der Waals surface area (Å²) in [5, 5.41) is 16.2. The third-order valence-corrected chi connectivity index (χ3v) is 4.43. The van der Waals surface area contributed by atoms with Crippen LogP contribution in [0.25, 0.3) is 11.4 Å². The summed E-state index contributed by atoms with van der Waals surface area (Å²) < 4.78 is 19.9. The van der Waals surface area contributed by atoms with Crippen molar-refractivity contribution in [2.75, 3.05) is 0 Å². The highest BCUT2D eigenvalue weighted by Crippen LogP contribution is 2.20. The molecule has 0 atom stereocenters. The van der Waals surface area contributed by atoms with E-state index in [1.807, 2.05) is 24.3 Å². The zero-order valence-electron chi connectivity index (χ0n) is 13.4. The Bertz CT molecular complexity index is 1050. The molecule has 0 N–H and O–H groups in total. The second kappa shape index (κ2) is 7.12. The molecule has 0 saturated carbocycles. The van der Waals surface area contributed by atoms with Gasteiger partial charge in [0.1, 0.15) is 12.4 Å². The zero-order valence-corrected chi connectivity index (χ0v) is 15.0. The summed E-state index contributed by atoms with van der Waals surface area (Å²) in [7, 11) is 0. The summed E-state index contributed by atoms with van der Waals surface area (Å²) in [6.45, 7) is 0.157. The summed E-state index contributed by atoms with van der Waals surface area (Å²) in [6, 6.07) is 14.1. The van der Waals surface area contributed by atoms with Gasteiger partial charge in [0, 0.05) is 10.9 Å². The first-order valence-corrected chi connectivity index (χ1v) is 8.56. The summed E-state index contributed by atoms with van der Waals surface area (Å²) >= 11 is 3.50. The Morgan fingerprint density at radius 3 is 2.73 bits per heavy atom. The predicted octanol–water partition coefficient (Wildman–Crippen LogP) is 3.26. The molecule has 0 bridgehead atoms. The maximum Gasteiger partial charge on any atom is 0.250 e. The molecule has 0 aliphatic carbocycles. The van der Waals surface area contributed by atoms with Crippen LogP contribution in [0.15, 0.2) is 57.5 Å². The van der Waals surface area contributed by atoms with Gasteiger partial charge in [0.25, 0.3) is 5.89 Å². The Labute approximate surface area is 156 Å². The molecule has 2 heterocycles. The van der Waals surface area contributed by atoms with E-state index in [0.29, 0.717) is 12.2 Å². The van der Waals surface area contributed by atoms with E-state index in [1.54, 1.807) is 18.2 Å². The van der Waals surface area contributed by atoms with Crippen molar-refractivity contribution in [1.82, 2.24) is 30.3 Å². The highest BCUT2D eigenvalue weighted by atomic mass is 79.9. The largest absolute Gasteiger partial charge is 0.337 e. The monoisotopic (exact) mass is 414 g/mol. The average Bonchev–Trinajstić information content (AvgIpc) is 3.27. The molecule has 2 aromatic carbocycles. The Kier molecular flexibility index (Phi) is 4.53. The second-order valence-electron chi connectivity index (χ2n) is 5.50. The molecule has 7 nitrogen and oxygen atoms in total. The summed E-state index contributed by atoms with van der Waals surface area (Å²) in [5.41, 5.74) is 1.34. The first kappa shape index (κ1) is 16.5. The minimum absolute atomic E-state index is 0.157. The van der Waals surface area contributed by atoms with Gasteiger partial charge in [0.15, 0.2) is 5.82 Å². The Balaban J connectivity index is 1.48. The molecule has 26 heavy (non-hydrogen) atoms. The van der Waals surface area contributed by atoms with Crippen molar-refractivity contribution in [3.05, 3.63) is 76.1 Å². The van der Waals surface area contributed by atoms with E-state index in [9.17, 15) is 4.39 Å². The van der Waals surface area contributed by atoms with Gasteiger partial charge in [-0.25, -0.2) is 4.39 Å². The fourth-order valence-corrected chi connectivity index (χ4v) is 2.84. The van der Waals surface area contributed by atoms with E-state index < -0.39 is 5.82 Å². The number of rotatable bonds is 5. The molecule has 0 spiro atoms. The maximum atomic E-state index is 13.8. The van der Waals surface area contributed by atoms with Gasteiger partial charge >= 0.3 is 0 Å². The quantitative estimate of drug-likeness (QED) is 0.498. The third-order valence-electron chi connectivity index (χ3n) is 3.66. The molecule has 9 heteroatoms. The SMILES string of the molecule is Fc1ccccc1-c1noc(Cn2nnc(Cc3ccccc3Br)n2)n1. The van der Waals surface area contributed by atoms with Crippen LogP contribution in [0, 0.1) is 5.82 Å². The Hall–Kier alpha value is -2.94. The molecule has 0 radical (unpaired) electrons. The molecule has 0 unspecified atom stereocenters. The molecule has 130 valence electrons. The fourth-order valence-electron chi connectivity index (χ4n) is 2.42. The average molecular weight is 415 g/mol. The van der Waals surface area contributed by atoms with Crippen LogP contribution in [-0.4, -0.2) is 30.3 Å². The van der Waals surface area contributed by atoms with Gasteiger partial charge in [-0.1, -0.05) is 51.4 Å². The molecule has 0 saturated heterocycles. The molecular weight excluding hydrogens is 403 g/mol. The number of tetrazole rings is 1. The van der Waals surface area contributed by atoms with E-state index in [1.165, 1.54) is 10.9 Å². The Morgan fingerprint density at radius 1 is 1.08 bits per heavy atom. The summed E-state index contributed by atoms with van der Waals surface area (Å²) in [6.07, 6.45) is 0.547. The lowest BCUT2D eigenvalue weighted by atomic mass is 10.1. The maximum absolute atomic E-state index is 13.8. The van der Waals surface area contributed by atoms with Gasteiger partial charge < -0.3 is 4.52 Å². The van der Waals surface area contributed by atoms with Crippen LogP contribution in [0.2, 0.25) is 0 Å². The molecule has 4 aromatic rings.